The van der Waals surface area contributed by atoms with E-state index in [0.29, 0.717) is 30.6 Å². The van der Waals surface area contributed by atoms with E-state index < -0.39 is 22.8 Å². The fraction of sp³-hybridized carbons (Fsp3) is 0.696. The van der Waals surface area contributed by atoms with Gasteiger partial charge in [0.1, 0.15) is 0 Å². The summed E-state index contributed by atoms with van der Waals surface area (Å²) in [4.78, 5) is 11.8. The second-order valence-corrected chi connectivity index (χ2v) is 8.48. The summed E-state index contributed by atoms with van der Waals surface area (Å²) in [6.45, 7) is 13.9. The first-order chi connectivity index (χ1) is 13.0. The minimum Gasteiger partial charge on any atom is -0.463 e. The van der Waals surface area contributed by atoms with Gasteiger partial charge in [0.05, 0.1) is 18.8 Å². The number of carbonyl (C=O) groups excluding carboxylic acids is 1. The first kappa shape index (κ1) is 22.7. The van der Waals surface area contributed by atoms with Crippen LogP contribution < -0.4 is 0 Å². The monoisotopic (exact) mass is 390 g/mol. The van der Waals surface area contributed by atoms with Crippen LogP contribution in [-0.2, 0) is 19.0 Å². The van der Waals surface area contributed by atoms with Crippen molar-refractivity contribution < 1.29 is 24.1 Å². The van der Waals surface area contributed by atoms with Gasteiger partial charge in [0.15, 0.2) is 11.4 Å². The zero-order valence-electron chi connectivity index (χ0n) is 18.2. The highest BCUT2D eigenvalue weighted by Gasteiger charge is 2.56. The lowest BCUT2D eigenvalue weighted by Crippen LogP contribution is -2.53. The molecule has 1 fully saturated rings. The van der Waals surface area contributed by atoms with Crippen LogP contribution >= 0.6 is 0 Å². The van der Waals surface area contributed by atoms with Crippen molar-refractivity contribution in [2.75, 3.05) is 6.61 Å². The number of esters is 1. The third-order valence-corrected chi connectivity index (χ3v) is 5.61. The van der Waals surface area contributed by atoms with Crippen LogP contribution in [0.2, 0.25) is 0 Å². The molecule has 2 rings (SSSR count). The lowest BCUT2D eigenvalue weighted by molar-refractivity contribution is -0.182. The predicted molar refractivity (Wildman–Crippen MR) is 108 cm³/mol. The summed E-state index contributed by atoms with van der Waals surface area (Å²) in [5, 5.41) is 11.5. The van der Waals surface area contributed by atoms with Crippen LogP contribution in [0.4, 0.5) is 0 Å². The van der Waals surface area contributed by atoms with Gasteiger partial charge in [-0.25, -0.2) is 4.79 Å². The summed E-state index contributed by atoms with van der Waals surface area (Å²) < 4.78 is 17.2. The van der Waals surface area contributed by atoms with Gasteiger partial charge in [0.25, 0.3) is 0 Å². The van der Waals surface area contributed by atoms with Crippen molar-refractivity contribution in [2.45, 2.75) is 91.3 Å². The van der Waals surface area contributed by atoms with E-state index in [4.69, 9.17) is 14.2 Å². The SMILES string of the molecule is CCCC(C#CC1(O)C(C)=CC2(CC1(C)C)OC(C)C(C)O2)=CC(=O)OCC. The molecule has 28 heavy (non-hydrogen) atoms. The van der Waals surface area contributed by atoms with E-state index in [9.17, 15) is 9.90 Å². The second-order valence-electron chi connectivity index (χ2n) is 8.48. The van der Waals surface area contributed by atoms with Crippen molar-refractivity contribution in [3.63, 3.8) is 0 Å². The Kier molecular flexibility index (Phi) is 6.81. The molecule has 5 nitrogen and oxygen atoms in total. The van der Waals surface area contributed by atoms with Crippen molar-refractivity contribution >= 4 is 5.97 Å². The lowest BCUT2D eigenvalue weighted by Gasteiger charge is -2.48. The van der Waals surface area contributed by atoms with Crippen molar-refractivity contribution in [2.24, 2.45) is 5.41 Å². The second kappa shape index (κ2) is 8.41. The molecule has 0 aromatic rings. The Balaban J connectivity index is 2.39. The van der Waals surface area contributed by atoms with Gasteiger partial charge in [-0.15, -0.1) is 0 Å². The van der Waals surface area contributed by atoms with E-state index in [1.807, 2.05) is 47.6 Å². The number of hydrogen-bond acceptors (Lipinski definition) is 5. The summed E-state index contributed by atoms with van der Waals surface area (Å²) in [5.74, 6) is 4.86. The van der Waals surface area contributed by atoms with Gasteiger partial charge in [-0.05, 0) is 45.8 Å². The van der Waals surface area contributed by atoms with Crippen LogP contribution in [0, 0.1) is 17.3 Å². The van der Waals surface area contributed by atoms with Gasteiger partial charge < -0.3 is 19.3 Å². The number of rotatable bonds is 4. The first-order valence-electron chi connectivity index (χ1n) is 10.2. The normalized spacial score (nSPS) is 34.6. The zero-order chi connectivity index (χ0) is 21.2. The van der Waals surface area contributed by atoms with Gasteiger partial charge in [-0.3, -0.25) is 0 Å². The molecule has 0 saturated carbocycles. The Labute approximate surface area is 169 Å². The van der Waals surface area contributed by atoms with Crippen LogP contribution in [0.15, 0.2) is 23.3 Å². The molecule has 5 heteroatoms. The highest BCUT2D eigenvalue weighted by Crippen LogP contribution is 2.51. The topological polar surface area (TPSA) is 65.0 Å². The quantitative estimate of drug-likeness (QED) is 0.341. The molecule has 1 aliphatic heterocycles. The number of ether oxygens (including phenoxy) is 3. The van der Waals surface area contributed by atoms with Crippen molar-refractivity contribution in [1.82, 2.24) is 0 Å². The van der Waals surface area contributed by atoms with Crippen LogP contribution in [0.25, 0.3) is 0 Å². The van der Waals surface area contributed by atoms with Gasteiger partial charge in [0, 0.05) is 23.5 Å². The average Bonchev–Trinajstić information content (AvgIpc) is 2.84. The Morgan fingerprint density at radius 2 is 1.93 bits per heavy atom. The molecule has 0 radical (unpaired) electrons. The van der Waals surface area contributed by atoms with E-state index in [0.717, 1.165) is 6.42 Å². The van der Waals surface area contributed by atoms with Gasteiger partial charge >= 0.3 is 5.97 Å². The van der Waals surface area contributed by atoms with Crippen LogP contribution in [0.1, 0.15) is 67.7 Å². The smallest absolute Gasteiger partial charge is 0.331 e. The van der Waals surface area contributed by atoms with Gasteiger partial charge in [0.2, 0.25) is 0 Å². The Hall–Kier alpha value is -1.61. The van der Waals surface area contributed by atoms with E-state index in [2.05, 4.69) is 11.8 Å². The number of aliphatic hydroxyl groups is 1. The molecular formula is C23H34O5. The van der Waals surface area contributed by atoms with Crippen LogP contribution in [0.3, 0.4) is 0 Å². The summed E-state index contributed by atoms with van der Waals surface area (Å²) in [6, 6.07) is 0. The Morgan fingerprint density at radius 1 is 1.32 bits per heavy atom. The summed E-state index contributed by atoms with van der Waals surface area (Å²) >= 11 is 0. The third-order valence-electron chi connectivity index (χ3n) is 5.61. The maximum Gasteiger partial charge on any atom is 0.331 e. The molecule has 0 aromatic carbocycles. The molecule has 1 N–H and O–H groups in total. The van der Waals surface area contributed by atoms with Crippen LogP contribution in [-0.4, -0.2) is 41.3 Å². The van der Waals surface area contributed by atoms with E-state index >= 15 is 0 Å². The lowest BCUT2D eigenvalue weighted by atomic mass is 9.63. The third kappa shape index (κ3) is 4.51. The molecule has 0 bridgehead atoms. The molecule has 1 heterocycles. The molecule has 1 aliphatic carbocycles. The van der Waals surface area contributed by atoms with Crippen LogP contribution in [0.5, 0.6) is 0 Å². The largest absolute Gasteiger partial charge is 0.463 e. The maximum atomic E-state index is 11.8. The fourth-order valence-electron chi connectivity index (χ4n) is 3.97. The first-order valence-corrected chi connectivity index (χ1v) is 10.2. The molecule has 0 amide bonds. The predicted octanol–water partition coefficient (Wildman–Crippen LogP) is 3.91. The molecule has 1 spiro atoms. The minimum absolute atomic E-state index is 0.0132. The molecule has 156 valence electrons. The highest BCUT2D eigenvalue weighted by atomic mass is 16.8. The molecular weight excluding hydrogens is 356 g/mol. The number of allylic oxidation sites excluding steroid dienone is 1. The fourth-order valence-corrected chi connectivity index (χ4v) is 3.97. The Bertz CT molecular complexity index is 711. The summed E-state index contributed by atoms with van der Waals surface area (Å²) in [6.07, 6.45) is 5.24. The molecule has 1 saturated heterocycles. The van der Waals surface area contributed by atoms with E-state index in [1.165, 1.54) is 6.08 Å². The van der Waals surface area contributed by atoms with Gasteiger partial charge in [-0.1, -0.05) is 39.0 Å². The average molecular weight is 391 g/mol. The molecule has 3 unspecified atom stereocenters. The Morgan fingerprint density at radius 3 is 2.43 bits per heavy atom. The zero-order valence-corrected chi connectivity index (χ0v) is 18.2. The van der Waals surface area contributed by atoms with Crippen molar-refractivity contribution in [3.8, 4) is 11.8 Å². The summed E-state index contributed by atoms with van der Waals surface area (Å²) in [5.41, 5.74) is -0.593. The minimum atomic E-state index is -1.35. The molecule has 2 aliphatic rings. The van der Waals surface area contributed by atoms with Gasteiger partial charge in [-0.2, -0.15) is 0 Å². The standard InChI is InChI=1S/C23H34O5/c1-8-10-19(13-20(24)26-9-2)11-12-23(25)16(3)14-22(15-21(23,6)7)27-17(4)18(5)28-22/h13-14,17-18,25H,8-10,15H2,1-7H3. The van der Waals surface area contributed by atoms with E-state index in [1.54, 1.807) is 6.92 Å². The molecule has 3 atom stereocenters. The van der Waals surface area contributed by atoms with E-state index in [-0.39, 0.29) is 12.2 Å². The maximum absolute atomic E-state index is 11.8. The number of hydrogen-bond donors (Lipinski definition) is 1. The molecule has 0 aromatic heterocycles. The number of carbonyl (C=O) groups is 1. The highest BCUT2D eigenvalue weighted by molar-refractivity contribution is 5.83. The van der Waals surface area contributed by atoms with Crippen molar-refractivity contribution in [1.29, 1.82) is 0 Å². The summed E-state index contributed by atoms with van der Waals surface area (Å²) in [7, 11) is 0. The van der Waals surface area contributed by atoms with Crippen molar-refractivity contribution in [3.05, 3.63) is 23.3 Å².